The summed E-state index contributed by atoms with van der Waals surface area (Å²) in [5.41, 5.74) is 2.28. The average molecular weight is 391 g/mol. The molecule has 1 aliphatic heterocycles. The van der Waals surface area contributed by atoms with Gasteiger partial charge >= 0.3 is 0 Å². The first-order chi connectivity index (χ1) is 13.7. The molecule has 6 nitrogen and oxygen atoms in total. The highest BCUT2D eigenvalue weighted by Crippen LogP contribution is 2.21. The van der Waals surface area contributed by atoms with Crippen molar-refractivity contribution in [1.82, 2.24) is 15.5 Å². The molecule has 158 valence electrons. The number of likely N-dealkylation sites (N-methyl/N-ethyl adjacent to an activating group) is 1. The van der Waals surface area contributed by atoms with E-state index in [0.29, 0.717) is 32.4 Å². The van der Waals surface area contributed by atoms with Crippen LogP contribution in [0.5, 0.6) is 5.75 Å². The van der Waals surface area contributed by atoms with Gasteiger partial charge in [0.05, 0.1) is 13.2 Å². The van der Waals surface area contributed by atoms with Crippen molar-refractivity contribution < 1.29 is 9.47 Å². The number of rotatable bonds is 11. The van der Waals surface area contributed by atoms with Crippen LogP contribution in [0.25, 0.3) is 0 Å². The van der Waals surface area contributed by atoms with Crippen molar-refractivity contribution in [2.24, 2.45) is 4.99 Å². The zero-order valence-electron chi connectivity index (χ0n) is 18.1. The third-order valence-electron chi connectivity index (χ3n) is 5.07. The van der Waals surface area contributed by atoms with Crippen LogP contribution in [0.2, 0.25) is 0 Å². The monoisotopic (exact) mass is 390 g/mol. The van der Waals surface area contributed by atoms with E-state index in [1.165, 1.54) is 24.9 Å². The van der Waals surface area contributed by atoms with Crippen molar-refractivity contribution in [2.75, 3.05) is 46.0 Å². The smallest absolute Gasteiger partial charge is 0.191 e. The molecule has 0 amide bonds. The number of guanidine groups is 1. The fourth-order valence-electron chi connectivity index (χ4n) is 3.54. The maximum absolute atomic E-state index is 5.94. The van der Waals surface area contributed by atoms with Gasteiger partial charge in [-0.1, -0.05) is 19.1 Å². The first kappa shape index (κ1) is 22.5. The summed E-state index contributed by atoms with van der Waals surface area (Å²) < 4.78 is 11.3. The lowest BCUT2D eigenvalue weighted by Crippen LogP contribution is -2.44. The number of benzene rings is 1. The first-order valence-electron chi connectivity index (χ1n) is 10.7. The van der Waals surface area contributed by atoms with E-state index < -0.39 is 0 Å². The van der Waals surface area contributed by atoms with Gasteiger partial charge < -0.3 is 20.1 Å². The maximum atomic E-state index is 5.94. The summed E-state index contributed by atoms with van der Waals surface area (Å²) in [4.78, 5) is 7.34. The molecule has 1 aromatic rings. The quantitative estimate of drug-likeness (QED) is 0.346. The van der Waals surface area contributed by atoms with Crippen LogP contribution < -0.4 is 15.4 Å². The molecule has 1 fully saturated rings. The molecule has 1 atom stereocenters. The Balaban J connectivity index is 1.97. The molecule has 0 spiro atoms. The number of hydrogen-bond donors (Lipinski definition) is 2. The highest BCUT2D eigenvalue weighted by molar-refractivity contribution is 5.79. The van der Waals surface area contributed by atoms with Gasteiger partial charge in [-0.25, -0.2) is 4.99 Å². The molecule has 0 aromatic heterocycles. The molecule has 0 aliphatic carbocycles. The van der Waals surface area contributed by atoms with E-state index in [9.17, 15) is 0 Å². The summed E-state index contributed by atoms with van der Waals surface area (Å²) in [7, 11) is 0. The predicted octanol–water partition coefficient (Wildman–Crippen LogP) is 2.95. The lowest BCUT2D eigenvalue weighted by molar-refractivity contribution is 0.110. The Kier molecular flexibility index (Phi) is 10.1. The molecule has 0 bridgehead atoms. The fourth-order valence-corrected chi connectivity index (χ4v) is 3.54. The van der Waals surface area contributed by atoms with Gasteiger partial charge in [-0.2, -0.15) is 0 Å². The zero-order chi connectivity index (χ0) is 20.2. The number of nitrogens with zero attached hydrogens (tertiary/aromatic N) is 2. The Morgan fingerprint density at radius 2 is 2.07 bits per heavy atom. The molecule has 2 N–H and O–H groups in total. The Morgan fingerprint density at radius 1 is 1.21 bits per heavy atom. The minimum atomic E-state index is 0.556. The normalized spacial score (nSPS) is 17.7. The lowest BCUT2D eigenvalue weighted by Gasteiger charge is -2.24. The average Bonchev–Trinajstić information content (AvgIpc) is 3.16. The summed E-state index contributed by atoms with van der Waals surface area (Å²) in [6, 6.07) is 6.90. The predicted molar refractivity (Wildman–Crippen MR) is 116 cm³/mol. The molecular formula is C22H38N4O2. The number of aliphatic imine (C=N–C) groups is 1. The van der Waals surface area contributed by atoms with Crippen LogP contribution in [0.4, 0.5) is 0 Å². The van der Waals surface area contributed by atoms with Crippen molar-refractivity contribution in [3.05, 3.63) is 29.3 Å². The van der Waals surface area contributed by atoms with E-state index in [0.717, 1.165) is 36.9 Å². The summed E-state index contributed by atoms with van der Waals surface area (Å²) >= 11 is 0. The molecule has 1 heterocycles. The Morgan fingerprint density at radius 3 is 2.82 bits per heavy atom. The van der Waals surface area contributed by atoms with Crippen molar-refractivity contribution in [3.8, 4) is 5.75 Å². The molecule has 1 saturated heterocycles. The van der Waals surface area contributed by atoms with Gasteiger partial charge in [0, 0.05) is 31.3 Å². The first-order valence-corrected chi connectivity index (χ1v) is 10.7. The SMILES string of the molecule is CCNC(=NCc1ccc(C)cc1OCCOCC)NCC1CCCN1CC. The number of aryl methyl sites for hydroxylation is 1. The third kappa shape index (κ3) is 7.32. The second-order valence-electron chi connectivity index (χ2n) is 7.16. The van der Waals surface area contributed by atoms with E-state index in [1.807, 2.05) is 6.92 Å². The number of ether oxygens (including phenoxy) is 2. The number of nitrogens with one attached hydrogen (secondary N) is 2. The zero-order valence-corrected chi connectivity index (χ0v) is 18.1. The maximum Gasteiger partial charge on any atom is 0.191 e. The second kappa shape index (κ2) is 12.6. The van der Waals surface area contributed by atoms with Crippen molar-refractivity contribution in [1.29, 1.82) is 0 Å². The molecule has 1 aliphatic rings. The highest BCUT2D eigenvalue weighted by Gasteiger charge is 2.22. The van der Waals surface area contributed by atoms with Crippen LogP contribution in [0.3, 0.4) is 0 Å². The molecule has 6 heteroatoms. The van der Waals surface area contributed by atoms with Gasteiger partial charge in [0.1, 0.15) is 12.4 Å². The van der Waals surface area contributed by atoms with Crippen LogP contribution >= 0.6 is 0 Å². The van der Waals surface area contributed by atoms with Gasteiger partial charge in [-0.05, 0) is 58.3 Å². The summed E-state index contributed by atoms with van der Waals surface area (Å²) in [6.07, 6.45) is 2.55. The van der Waals surface area contributed by atoms with Gasteiger partial charge in [-0.3, -0.25) is 4.90 Å². The molecule has 28 heavy (non-hydrogen) atoms. The molecule has 0 radical (unpaired) electrons. The number of hydrogen-bond acceptors (Lipinski definition) is 4. The highest BCUT2D eigenvalue weighted by atomic mass is 16.5. The van der Waals surface area contributed by atoms with Crippen LogP contribution in [0.15, 0.2) is 23.2 Å². The second-order valence-corrected chi connectivity index (χ2v) is 7.16. The minimum absolute atomic E-state index is 0.556. The Labute approximate surface area is 170 Å². The largest absolute Gasteiger partial charge is 0.491 e. The summed E-state index contributed by atoms with van der Waals surface area (Å²) in [5.74, 6) is 1.76. The van der Waals surface area contributed by atoms with Crippen molar-refractivity contribution >= 4 is 5.96 Å². The van der Waals surface area contributed by atoms with Crippen molar-refractivity contribution in [3.63, 3.8) is 0 Å². The Bertz CT molecular complexity index is 606. The van der Waals surface area contributed by atoms with Crippen molar-refractivity contribution in [2.45, 2.75) is 53.1 Å². The van der Waals surface area contributed by atoms with E-state index in [-0.39, 0.29) is 0 Å². The Hall–Kier alpha value is -1.79. The number of likely N-dealkylation sites (tertiary alicyclic amines) is 1. The van der Waals surface area contributed by atoms with Crippen LogP contribution in [0.1, 0.15) is 44.7 Å². The minimum Gasteiger partial charge on any atom is -0.491 e. The molecular weight excluding hydrogens is 352 g/mol. The van der Waals surface area contributed by atoms with Crippen LogP contribution in [0, 0.1) is 6.92 Å². The fraction of sp³-hybridized carbons (Fsp3) is 0.682. The summed E-state index contributed by atoms with van der Waals surface area (Å²) in [6.45, 7) is 15.0. The van der Waals surface area contributed by atoms with Crippen LogP contribution in [-0.4, -0.2) is 62.9 Å². The van der Waals surface area contributed by atoms with Gasteiger partial charge in [-0.15, -0.1) is 0 Å². The van der Waals surface area contributed by atoms with Gasteiger partial charge in [0.15, 0.2) is 5.96 Å². The summed E-state index contributed by atoms with van der Waals surface area (Å²) in [5, 5.41) is 6.88. The molecule has 1 aromatic carbocycles. The van der Waals surface area contributed by atoms with E-state index >= 15 is 0 Å². The van der Waals surface area contributed by atoms with Gasteiger partial charge in [0.25, 0.3) is 0 Å². The van der Waals surface area contributed by atoms with E-state index in [4.69, 9.17) is 14.5 Å². The lowest BCUT2D eigenvalue weighted by atomic mass is 10.1. The van der Waals surface area contributed by atoms with E-state index in [2.05, 4.69) is 54.5 Å². The standard InChI is InChI=1S/C22H38N4O2/c1-5-23-22(25-17-20-9-8-12-26(20)6-2)24-16-19-11-10-18(4)15-21(19)28-14-13-27-7-3/h10-11,15,20H,5-9,12-14,16-17H2,1-4H3,(H2,23,24,25). The third-order valence-corrected chi connectivity index (χ3v) is 5.07. The van der Waals surface area contributed by atoms with Crippen LogP contribution in [-0.2, 0) is 11.3 Å². The topological polar surface area (TPSA) is 58.1 Å². The molecule has 0 saturated carbocycles. The van der Waals surface area contributed by atoms with E-state index in [1.54, 1.807) is 0 Å². The van der Waals surface area contributed by atoms with Gasteiger partial charge in [0.2, 0.25) is 0 Å². The molecule has 2 rings (SSSR count). The molecule has 1 unspecified atom stereocenters.